The predicted octanol–water partition coefficient (Wildman–Crippen LogP) is 1.97. The lowest BCUT2D eigenvalue weighted by Gasteiger charge is -2.18. The van der Waals surface area contributed by atoms with E-state index in [1.165, 1.54) is 0 Å². The Morgan fingerprint density at radius 1 is 1.31 bits per heavy atom. The summed E-state index contributed by atoms with van der Waals surface area (Å²) in [6.45, 7) is 5.48. The zero-order valence-corrected chi connectivity index (χ0v) is 8.08. The number of nitrogens with zero attached hydrogens (tertiary/aromatic N) is 1. The van der Waals surface area contributed by atoms with Crippen molar-refractivity contribution < 1.29 is 4.79 Å². The SMILES string of the molecule is CCN(CC)C(=O)c1cc[c]cc1. The summed E-state index contributed by atoms with van der Waals surface area (Å²) < 4.78 is 0. The van der Waals surface area contributed by atoms with Crippen LogP contribution < -0.4 is 0 Å². The summed E-state index contributed by atoms with van der Waals surface area (Å²) in [6.07, 6.45) is 0. The Balaban J connectivity index is 2.78. The largest absolute Gasteiger partial charge is 0.339 e. The van der Waals surface area contributed by atoms with Gasteiger partial charge in [0.25, 0.3) is 5.91 Å². The summed E-state index contributed by atoms with van der Waals surface area (Å²) in [5.74, 6) is 0.0963. The highest BCUT2D eigenvalue weighted by molar-refractivity contribution is 5.94. The van der Waals surface area contributed by atoms with Crippen LogP contribution in [0, 0.1) is 6.07 Å². The molecule has 0 spiro atoms. The molecule has 1 aromatic rings. The monoisotopic (exact) mass is 176 g/mol. The van der Waals surface area contributed by atoms with Crippen molar-refractivity contribution in [3.63, 3.8) is 0 Å². The van der Waals surface area contributed by atoms with Gasteiger partial charge in [0.05, 0.1) is 0 Å². The minimum absolute atomic E-state index is 0.0963. The molecule has 1 radical (unpaired) electrons. The van der Waals surface area contributed by atoms with Gasteiger partial charge in [-0.2, -0.15) is 0 Å². The highest BCUT2D eigenvalue weighted by Gasteiger charge is 2.10. The lowest BCUT2D eigenvalue weighted by molar-refractivity contribution is 0.0773. The van der Waals surface area contributed by atoms with Gasteiger partial charge in [0, 0.05) is 18.7 Å². The summed E-state index contributed by atoms with van der Waals surface area (Å²) in [5.41, 5.74) is 0.738. The maximum absolute atomic E-state index is 11.7. The fraction of sp³-hybridized carbons (Fsp3) is 0.364. The minimum atomic E-state index is 0.0963. The van der Waals surface area contributed by atoms with Gasteiger partial charge in [0.15, 0.2) is 0 Å². The van der Waals surface area contributed by atoms with Gasteiger partial charge >= 0.3 is 0 Å². The van der Waals surface area contributed by atoms with Crippen LogP contribution in [0.3, 0.4) is 0 Å². The first-order valence-corrected chi connectivity index (χ1v) is 4.55. The lowest BCUT2D eigenvalue weighted by Crippen LogP contribution is -2.30. The summed E-state index contributed by atoms with van der Waals surface area (Å²) in [6, 6.07) is 10.00. The Kier molecular flexibility index (Phi) is 3.50. The first-order chi connectivity index (χ1) is 6.29. The topological polar surface area (TPSA) is 20.3 Å². The normalized spacial score (nSPS) is 9.69. The summed E-state index contributed by atoms with van der Waals surface area (Å²) in [4.78, 5) is 13.5. The number of amides is 1. The van der Waals surface area contributed by atoms with Crippen LogP contribution in [-0.4, -0.2) is 23.9 Å². The molecule has 0 atom stereocenters. The molecule has 2 heteroatoms. The van der Waals surface area contributed by atoms with Crippen LogP contribution >= 0.6 is 0 Å². The van der Waals surface area contributed by atoms with Crippen molar-refractivity contribution in [3.05, 3.63) is 35.9 Å². The molecule has 2 nitrogen and oxygen atoms in total. The molecular weight excluding hydrogens is 162 g/mol. The predicted molar refractivity (Wildman–Crippen MR) is 52.5 cm³/mol. The summed E-state index contributed by atoms with van der Waals surface area (Å²) in [7, 11) is 0. The molecule has 0 N–H and O–H groups in total. The quantitative estimate of drug-likeness (QED) is 0.689. The van der Waals surface area contributed by atoms with Gasteiger partial charge in [-0.1, -0.05) is 12.1 Å². The minimum Gasteiger partial charge on any atom is -0.339 e. The van der Waals surface area contributed by atoms with Gasteiger partial charge in [-0.25, -0.2) is 0 Å². The summed E-state index contributed by atoms with van der Waals surface area (Å²) >= 11 is 0. The second kappa shape index (κ2) is 4.65. The highest BCUT2D eigenvalue weighted by Crippen LogP contribution is 2.03. The molecule has 1 aromatic carbocycles. The van der Waals surface area contributed by atoms with E-state index in [4.69, 9.17) is 0 Å². The first-order valence-electron chi connectivity index (χ1n) is 4.55. The zero-order valence-electron chi connectivity index (χ0n) is 8.08. The molecular formula is C11H14NO. The van der Waals surface area contributed by atoms with E-state index in [0.29, 0.717) is 0 Å². The van der Waals surface area contributed by atoms with Crippen LogP contribution in [0.5, 0.6) is 0 Å². The van der Waals surface area contributed by atoms with Crippen LogP contribution in [-0.2, 0) is 0 Å². The number of carbonyl (C=O) groups is 1. The van der Waals surface area contributed by atoms with E-state index in [1.807, 2.05) is 13.8 Å². The molecule has 0 aliphatic rings. The van der Waals surface area contributed by atoms with E-state index in [0.717, 1.165) is 18.7 Å². The van der Waals surface area contributed by atoms with Gasteiger partial charge in [0.1, 0.15) is 0 Å². The number of hydrogen-bond donors (Lipinski definition) is 0. The average Bonchev–Trinajstić information content (AvgIpc) is 2.21. The number of benzene rings is 1. The molecule has 0 aromatic heterocycles. The van der Waals surface area contributed by atoms with Gasteiger partial charge < -0.3 is 4.90 Å². The van der Waals surface area contributed by atoms with Crippen molar-refractivity contribution in [2.45, 2.75) is 13.8 Å². The maximum atomic E-state index is 11.7. The molecule has 0 heterocycles. The van der Waals surface area contributed by atoms with E-state index in [2.05, 4.69) is 6.07 Å². The molecule has 69 valence electrons. The van der Waals surface area contributed by atoms with Gasteiger partial charge in [-0.15, -0.1) is 0 Å². The Morgan fingerprint density at radius 2 is 1.85 bits per heavy atom. The van der Waals surface area contributed by atoms with Gasteiger partial charge in [0.2, 0.25) is 0 Å². The molecule has 0 saturated carbocycles. The van der Waals surface area contributed by atoms with E-state index in [1.54, 1.807) is 29.2 Å². The smallest absolute Gasteiger partial charge is 0.253 e. The first kappa shape index (κ1) is 9.78. The van der Waals surface area contributed by atoms with Crippen LogP contribution in [0.2, 0.25) is 0 Å². The molecule has 0 fully saturated rings. The standard InChI is InChI=1S/C11H14NO/c1-3-12(4-2)11(13)10-8-6-5-7-9-10/h6-9H,3-4H2,1-2H3. The van der Waals surface area contributed by atoms with Crippen LogP contribution in [0.1, 0.15) is 24.2 Å². The van der Waals surface area contributed by atoms with Crippen LogP contribution in [0.15, 0.2) is 24.3 Å². The van der Waals surface area contributed by atoms with Gasteiger partial charge in [-0.05, 0) is 32.0 Å². The number of carbonyl (C=O) groups excluding carboxylic acids is 1. The van der Waals surface area contributed by atoms with Crippen molar-refractivity contribution >= 4 is 5.91 Å². The van der Waals surface area contributed by atoms with Gasteiger partial charge in [-0.3, -0.25) is 4.79 Å². The second-order valence-corrected chi connectivity index (χ2v) is 2.77. The van der Waals surface area contributed by atoms with E-state index < -0.39 is 0 Å². The second-order valence-electron chi connectivity index (χ2n) is 2.77. The van der Waals surface area contributed by atoms with Crippen molar-refractivity contribution in [1.82, 2.24) is 4.90 Å². The molecule has 0 aliphatic heterocycles. The molecule has 0 saturated heterocycles. The Labute approximate surface area is 79.2 Å². The summed E-state index contributed by atoms with van der Waals surface area (Å²) in [5, 5.41) is 0. The van der Waals surface area contributed by atoms with Crippen molar-refractivity contribution in [3.8, 4) is 0 Å². The Bertz CT molecular complexity index is 265. The molecule has 1 rings (SSSR count). The van der Waals surface area contributed by atoms with E-state index >= 15 is 0 Å². The fourth-order valence-electron chi connectivity index (χ4n) is 1.22. The number of hydrogen-bond acceptors (Lipinski definition) is 1. The van der Waals surface area contributed by atoms with Crippen LogP contribution in [0.4, 0.5) is 0 Å². The molecule has 0 bridgehead atoms. The fourth-order valence-corrected chi connectivity index (χ4v) is 1.22. The van der Waals surface area contributed by atoms with E-state index in [9.17, 15) is 4.79 Å². The third-order valence-electron chi connectivity index (χ3n) is 2.02. The number of rotatable bonds is 3. The Morgan fingerprint density at radius 3 is 2.31 bits per heavy atom. The lowest BCUT2D eigenvalue weighted by atomic mass is 10.2. The maximum Gasteiger partial charge on any atom is 0.253 e. The third-order valence-corrected chi connectivity index (χ3v) is 2.02. The highest BCUT2D eigenvalue weighted by atomic mass is 16.2. The van der Waals surface area contributed by atoms with Crippen LogP contribution in [0.25, 0.3) is 0 Å². The van der Waals surface area contributed by atoms with Crippen molar-refractivity contribution in [1.29, 1.82) is 0 Å². The molecule has 0 unspecified atom stereocenters. The van der Waals surface area contributed by atoms with Crippen molar-refractivity contribution in [2.24, 2.45) is 0 Å². The van der Waals surface area contributed by atoms with E-state index in [-0.39, 0.29) is 5.91 Å². The Hall–Kier alpha value is -1.31. The third kappa shape index (κ3) is 2.31. The van der Waals surface area contributed by atoms with Crippen molar-refractivity contribution in [2.75, 3.05) is 13.1 Å². The average molecular weight is 176 g/mol. The zero-order chi connectivity index (χ0) is 9.68. The molecule has 13 heavy (non-hydrogen) atoms. The molecule has 0 aliphatic carbocycles. The molecule has 1 amide bonds.